The Kier molecular flexibility index (Phi) is 5.48. The molecular weight excluding hydrogens is 435 g/mol. The summed E-state index contributed by atoms with van der Waals surface area (Å²) in [6, 6.07) is 7.15. The molecule has 0 amide bonds. The van der Waals surface area contributed by atoms with Crippen LogP contribution in [0.15, 0.2) is 36.4 Å². The molecule has 3 aliphatic rings. The molecule has 2 aromatic rings. The van der Waals surface area contributed by atoms with Crippen LogP contribution < -0.4 is 9.04 Å². The number of halogens is 1. The van der Waals surface area contributed by atoms with Gasteiger partial charge in [-0.1, -0.05) is 18.2 Å². The summed E-state index contributed by atoms with van der Waals surface area (Å²) in [5.74, 6) is -0.819. The summed E-state index contributed by atoms with van der Waals surface area (Å²) in [6.07, 6.45) is 5.67. The quantitative estimate of drug-likeness (QED) is 0.610. The summed E-state index contributed by atoms with van der Waals surface area (Å²) in [5.41, 5.74) is 1.30. The third-order valence-electron chi connectivity index (χ3n) is 6.34. The second-order valence-corrected chi connectivity index (χ2v) is 9.21. The zero-order chi connectivity index (χ0) is 22.4. The maximum absolute atomic E-state index is 14.0. The highest BCUT2D eigenvalue weighted by Gasteiger charge is 2.45. The van der Waals surface area contributed by atoms with Crippen molar-refractivity contribution in [2.75, 3.05) is 30.5 Å². The third-order valence-corrected chi connectivity index (χ3v) is 7.04. The molecule has 0 aromatic heterocycles. The topological polar surface area (TPSA) is 90.3 Å². The van der Waals surface area contributed by atoms with Crippen molar-refractivity contribution >= 4 is 34.7 Å². The number of carbonyl (C=O) groups is 1. The summed E-state index contributed by atoms with van der Waals surface area (Å²) in [5, 5.41) is 9.98. The van der Waals surface area contributed by atoms with Crippen molar-refractivity contribution < 1.29 is 27.8 Å². The Labute approximate surface area is 187 Å². The summed E-state index contributed by atoms with van der Waals surface area (Å²) in [7, 11) is 0. The standard InChI is InChI=1S/C23H23FN2O5S/c24-16-4-6-19(14(11-16)3-1-8-25-9-2-10-25)26(32(29)30)20-7-5-17-18-12-15(18)13-31-22(17)21(20)23(27)28/h1,3-7,11,15,18H,2,8-10,12-13H2,(H,27,28)(H,29,30). The van der Waals surface area contributed by atoms with Crippen molar-refractivity contribution in [2.24, 2.45) is 5.92 Å². The van der Waals surface area contributed by atoms with E-state index >= 15 is 0 Å². The van der Waals surface area contributed by atoms with E-state index in [0.29, 0.717) is 24.6 Å². The van der Waals surface area contributed by atoms with Gasteiger partial charge >= 0.3 is 5.97 Å². The lowest BCUT2D eigenvalue weighted by molar-refractivity contribution is 0.0692. The van der Waals surface area contributed by atoms with Gasteiger partial charge in [0.15, 0.2) is 0 Å². The largest absolute Gasteiger partial charge is 0.492 e. The molecule has 2 N–H and O–H groups in total. The van der Waals surface area contributed by atoms with Crippen LogP contribution in [0, 0.1) is 11.7 Å². The second kappa shape index (κ2) is 8.31. The van der Waals surface area contributed by atoms with Crippen LogP contribution in [0.1, 0.15) is 40.2 Å². The Morgan fingerprint density at radius 3 is 2.75 bits per heavy atom. The lowest BCUT2D eigenvalue weighted by atomic mass is 9.99. The third kappa shape index (κ3) is 3.80. The molecule has 1 saturated heterocycles. The predicted molar refractivity (Wildman–Crippen MR) is 119 cm³/mol. The Bertz CT molecular complexity index is 1130. The van der Waals surface area contributed by atoms with E-state index in [2.05, 4.69) is 4.90 Å². The fraction of sp³-hybridized carbons (Fsp3) is 0.348. The highest BCUT2D eigenvalue weighted by molar-refractivity contribution is 7.81. The van der Waals surface area contributed by atoms with Crippen LogP contribution in [0.4, 0.5) is 15.8 Å². The van der Waals surface area contributed by atoms with E-state index in [1.807, 2.05) is 6.08 Å². The molecule has 0 bridgehead atoms. The number of fused-ring (bicyclic) bond motifs is 3. The number of benzene rings is 2. The molecule has 1 saturated carbocycles. The average molecular weight is 459 g/mol. The van der Waals surface area contributed by atoms with Gasteiger partial charge in [0.2, 0.25) is 0 Å². The Hall–Kier alpha value is -2.75. The first kappa shape index (κ1) is 21.1. The van der Waals surface area contributed by atoms with Gasteiger partial charge in [-0.05, 0) is 61.7 Å². The number of ether oxygens (including phenoxy) is 1. The van der Waals surface area contributed by atoms with Crippen molar-refractivity contribution in [3.05, 3.63) is 58.9 Å². The van der Waals surface area contributed by atoms with Gasteiger partial charge < -0.3 is 9.84 Å². The number of anilines is 2. The number of carboxylic acids is 1. The minimum Gasteiger partial charge on any atom is -0.492 e. The number of rotatable bonds is 7. The second-order valence-electron chi connectivity index (χ2n) is 8.38. The van der Waals surface area contributed by atoms with Crippen LogP contribution in [-0.2, 0) is 11.3 Å². The summed E-state index contributed by atoms with van der Waals surface area (Å²) >= 11 is -2.61. The van der Waals surface area contributed by atoms with Gasteiger partial charge in [-0.3, -0.25) is 9.45 Å². The first-order valence-corrected chi connectivity index (χ1v) is 11.6. The molecule has 2 heterocycles. The minimum atomic E-state index is -2.61. The van der Waals surface area contributed by atoms with Gasteiger partial charge in [0, 0.05) is 18.0 Å². The zero-order valence-corrected chi connectivity index (χ0v) is 18.1. The van der Waals surface area contributed by atoms with E-state index in [0.717, 1.165) is 35.8 Å². The molecular formula is C23H23FN2O5S. The van der Waals surface area contributed by atoms with Crippen LogP contribution in [-0.4, -0.2) is 51.0 Å². The molecule has 9 heteroatoms. The molecule has 32 heavy (non-hydrogen) atoms. The smallest absolute Gasteiger partial charge is 0.341 e. The lowest BCUT2D eigenvalue weighted by Gasteiger charge is -2.29. The molecule has 3 unspecified atom stereocenters. The number of hydrogen-bond acceptors (Lipinski definition) is 4. The fourth-order valence-electron chi connectivity index (χ4n) is 4.45. The molecule has 2 aromatic carbocycles. The highest BCUT2D eigenvalue weighted by Crippen LogP contribution is 2.56. The van der Waals surface area contributed by atoms with Crippen molar-refractivity contribution in [3.8, 4) is 5.75 Å². The van der Waals surface area contributed by atoms with E-state index < -0.39 is 23.1 Å². The van der Waals surface area contributed by atoms with Gasteiger partial charge in [-0.25, -0.2) is 17.7 Å². The number of aromatic carboxylic acids is 1. The highest BCUT2D eigenvalue weighted by atomic mass is 32.2. The van der Waals surface area contributed by atoms with Crippen LogP contribution >= 0.6 is 0 Å². The van der Waals surface area contributed by atoms with Gasteiger partial charge in [-0.15, -0.1) is 0 Å². The average Bonchev–Trinajstić information content (AvgIpc) is 3.51. The van der Waals surface area contributed by atoms with Gasteiger partial charge in [-0.2, -0.15) is 0 Å². The number of carboxylic acid groups (broad SMARTS) is 1. The van der Waals surface area contributed by atoms with E-state index in [-0.39, 0.29) is 28.6 Å². The zero-order valence-electron chi connectivity index (χ0n) is 17.2. The Morgan fingerprint density at radius 1 is 1.28 bits per heavy atom. The fourth-order valence-corrected chi connectivity index (χ4v) is 5.10. The maximum Gasteiger partial charge on any atom is 0.341 e. The molecule has 3 atom stereocenters. The van der Waals surface area contributed by atoms with Crippen molar-refractivity contribution in [1.29, 1.82) is 0 Å². The number of nitrogens with zero attached hydrogens (tertiary/aromatic N) is 2. The van der Waals surface area contributed by atoms with Gasteiger partial charge in [0.25, 0.3) is 11.3 Å². The SMILES string of the molecule is O=C(O)c1c(N(c2ccc(F)cc2C=CCN2CCC2)S(=O)O)ccc2c1OCC1CC21. The summed E-state index contributed by atoms with van der Waals surface area (Å²) in [4.78, 5) is 14.4. The molecule has 5 rings (SSSR count). The molecule has 7 nitrogen and oxygen atoms in total. The van der Waals surface area contributed by atoms with Crippen molar-refractivity contribution in [1.82, 2.24) is 4.90 Å². The van der Waals surface area contributed by atoms with Crippen LogP contribution in [0.25, 0.3) is 6.08 Å². The van der Waals surface area contributed by atoms with E-state index in [1.165, 1.54) is 24.3 Å². The monoisotopic (exact) mass is 458 g/mol. The van der Waals surface area contributed by atoms with Gasteiger partial charge in [0.1, 0.15) is 17.1 Å². The molecule has 0 spiro atoms. The summed E-state index contributed by atoms with van der Waals surface area (Å²) in [6.45, 7) is 3.14. The molecule has 0 radical (unpaired) electrons. The van der Waals surface area contributed by atoms with Gasteiger partial charge in [0.05, 0.1) is 18.0 Å². The maximum atomic E-state index is 14.0. The van der Waals surface area contributed by atoms with Crippen molar-refractivity contribution in [2.45, 2.75) is 18.8 Å². The Balaban J connectivity index is 1.59. The first-order valence-electron chi connectivity index (χ1n) is 10.6. The van der Waals surface area contributed by atoms with Crippen LogP contribution in [0.3, 0.4) is 0 Å². The molecule has 1 aliphatic carbocycles. The van der Waals surface area contributed by atoms with Crippen LogP contribution in [0.5, 0.6) is 5.75 Å². The Morgan fingerprint density at radius 2 is 2.06 bits per heavy atom. The number of hydrogen-bond donors (Lipinski definition) is 2. The van der Waals surface area contributed by atoms with E-state index in [4.69, 9.17) is 4.74 Å². The predicted octanol–water partition coefficient (Wildman–Crippen LogP) is 4.01. The van der Waals surface area contributed by atoms with Crippen LogP contribution in [0.2, 0.25) is 0 Å². The lowest BCUT2D eigenvalue weighted by Crippen LogP contribution is -2.36. The summed E-state index contributed by atoms with van der Waals surface area (Å²) < 4.78 is 43.5. The normalized spacial score (nSPS) is 22.4. The number of likely N-dealkylation sites (tertiary alicyclic amines) is 1. The van der Waals surface area contributed by atoms with E-state index in [1.54, 1.807) is 12.1 Å². The van der Waals surface area contributed by atoms with Crippen molar-refractivity contribution in [3.63, 3.8) is 0 Å². The molecule has 2 fully saturated rings. The minimum absolute atomic E-state index is 0.0279. The first-order chi connectivity index (χ1) is 15.4. The molecule has 168 valence electrons. The molecule has 2 aliphatic heterocycles. The van der Waals surface area contributed by atoms with E-state index in [9.17, 15) is 23.1 Å².